The first-order valence-electron chi connectivity index (χ1n) is 23.8. The van der Waals surface area contributed by atoms with E-state index in [1.165, 1.54) is 11.0 Å². The van der Waals surface area contributed by atoms with Gasteiger partial charge in [-0.2, -0.15) is 18.4 Å². The molecule has 14 nitrogen and oxygen atoms in total. The molecular formula is C54H58F3N7O7S2. The molecule has 0 spiro atoms. The van der Waals surface area contributed by atoms with E-state index in [1.807, 2.05) is 88.4 Å². The number of thiazole rings is 1. The highest BCUT2D eigenvalue weighted by Crippen LogP contribution is 2.40. The third kappa shape index (κ3) is 12.6. The average Bonchev–Trinajstić information content (AvgIpc) is 4.02. The molecule has 3 N–H and O–H groups in total. The number of ether oxygens (including phenoxy) is 2. The van der Waals surface area contributed by atoms with Crippen molar-refractivity contribution in [3.8, 4) is 33.4 Å². The minimum atomic E-state index is -4.80. The van der Waals surface area contributed by atoms with Gasteiger partial charge in [0.25, 0.3) is 5.91 Å². The number of thiocarbonyl (C=S) groups is 1. The summed E-state index contributed by atoms with van der Waals surface area (Å²) >= 11 is 7.24. The van der Waals surface area contributed by atoms with Gasteiger partial charge in [-0.3, -0.25) is 24.1 Å². The van der Waals surface area contributed by atoms with Crippen LogP contribution in [0.3, 0.4) is 0 Å². The van der Waals surface area contributed by atoms with Gasteiger partial charge in [0.2, 0.25) is 17.7 Å². The lowest BCUT2D eigenvalue weighted by Crippen LogP contribution is -2.58. The fourth-order valence-corrected chi connectivity index (χ4v) is 10.2. The van der Waals surface area contributed by atoms with Crippen molar-refractivity contribution in [1.29, 1.82) is 5.26 Å². The number of aliphatic hydroxyl groups excluding tert-OH is 1. The minimum Gasteiger partial charge on any atom is -0.494 e. The number of halogens is 3. The fraction of sp³-hybridized carbons (Fsp3) is 0.389. The second-order valence-electron chi connectivity index (χ2n) is 19.6. The maximum Gasteiger partial charge on any atom is 0.417 e. The number of likely N-dealkylation sites (tertiary alicyclic amines) is 1. The van der Waals surface area contributed by atoms with Crippen LogP contribution in [-0.4, -0.2) is 93.8 Å². The Bertz CT molecular complexity index is 2860. The van der Waals surface area contributed by atoms with Crippen molar-refractivity contribution in [2.75, 3.05) is 36.2 Å². The Morgan fingerprint density at radius 1 is 0.932 bits per heavy atom. The smallest absolute Gasteiger partial charge is 0.417 e. The molecule has 2 aliphatic heterocycles. The highest BCUT2D eigenvalue weighted by molar-refractivity contribution is 7.81. The van der Waals surface area contributed by atoms with Crippen LogP contribution in [0.15, 0.2) is 96.5 Å². The number of aromatic nitrogens is 1. The highest BCUT2D eigenvalue weighted by atomic mass is 32.1. The van der Waals surface area contributed by atoms with E-state index in [0.717, 1.165) is 62.7 Å². The number of aryl methyl sites for hydroxylation is 1. The Labute approximate surface area is 432 Å². The maximum atomic E-state index is 14.0. The Morgan fingerprint density at radius 3 is 2.18 bits per heavy atom. The number of rotatable bonds is 18. The van der Waals surface area contributed by atoms with Crippen LogP contribution in [0, 0.1) is 23.7 Å². The molecule has 0 radical (unpaired) electrons. The lowest BCUT2D eigenvalue weighted by molar-refractivity contribution is -0.144. The van der Waals surface area contributed by atoms with E-state index in [9.17, 15) is 42.7 Å². The van der Waals surface area contributed by atoms with Crippen molar-refractivity contribution in [3.05, 3.63) is 119 Å². The summed E-state index contributed by atoms with van der Waals surface area (Å²) in [5, 5.41) is 25.6. The van der Waals surface area contributed by atoms with Crippen LogP contribution >= 0.6 is 23.6 Å². The van der Waals surface area contributed by atoms with Crippen LogP contribution in [0.4, 0.5) is 24.5 Å². The number of hydrogen-bond acceptors (Lipinski definition) is 11. The molecular weight excluding hydrogens is 980 g/mol. The van der Waals surface area contributed by atoms with Crippen LogP contribution in [0.25, 0.3) is 21.6 Å². The van der Waals surface area contributed by atoms with Gasteiger partial charge in [-0.1, -0.05) is 69.3 Å². The number of carbonyl (C=O) groups is 4. The molecule has 1 aromatic heterocycles. The van der Waals surface area contributed by atoms with E-state index in [1.54, 1.807) is 53.8 Å². The second-order valence-corrected chi connectivity index (χ2v) is 20.9. The lowest BCUT2D eigenvalue weighted by atomic mass is 9.85. The number of hydrogen-bond donors (Lipinski definition) is 3. The first kappa shape index (κ1) is 54.1. The first-order chi connectivity index (χ1) is 34.6. The van der Waals surface area contributed by atoms with E-state index in [4.69, 9.17) is 21.7 Å². The molecule has 3 atom stereocenters. The summed E-state index contributed by atoms with van der Waals surface area (Å²) in [6.07, 6.45) is -3.42. The van der Waals surface area contributed by atoms with Crippen molar-refractivity contribution in [2.45, 2.75) is 104 Å². The standard InChI is InChI=1S/C54H58F3N7O7S2/c1-33-46(73-32-60-33)37-12-10-34(11-13-37)29-59-48(67)44-27-41(65)30-62(44)49(68)47(52(2,3)4)61-45(66)31-70-24-8-7-9-25-71-42-22-17-36(18-23-42)35-14-19-39(20-15-35)64-51(72)63(50(69)53(64,5)6)40-21-16-38(28-58)43(26-40)54(55,56)57/h10-23,26,32,41,44,47,65H,7-9,24-25,27,29-31H2,1-6H3,(H,59,67)(H,61,66)/t41-,44+,47?/m1/s1. The third-order valence-electron chi connectivity index (χ3n) is 12.8. The molecule has 4 amide bonds. The summed E-state index contributed by atoms with van der Waals surface area (Å²) in [4.78, 5) is 63.6. The summed E-state index contributed by atoms with van der Waals surface area (Å²) in [5.74, 6) is -1.14. The zero-order chi connectivity index (χ0) is 52.8. The SMILES string of the molecule is Cc1ncsc1-c1ccc(CNC(=O)[C@@H]2C[C@@H](O)CN2C(=O)C(NC(=O)COCCCCCOc2ccc(-c3ccc(N4C(=S)N(c5ccc(C#N)c(C(F)(F)F)c5)C(=O)C4(C)C)cc3)cc2)C(C)(C)C)cc1. The normalized spacial score (nSPS) is 17.1. The topological polar surface area (TPSA) is 177 Å². The number of nitrogens with zero attached hydrogens (tertiary/aromatic N) is 5. The highest BCUT2D eigenvalue weighted by Gasteiger charge is 2.51. The summed E-state index contributed by atoms with van der Waals surface area (Å²) in [5.41, 5.74) is 3.30. The van der Waals surface area contributed by atoms with Gasteiger partial charge in [0, 0.05) is 31.8 Å². The molecule has 4 aromatic carbocycles. The first-order valence-corrected chi connectivity index (χ1v) is 25.1. The Kier molecular flexibility index (Phi) is 16.7. The van der Waals surface area contributed by atoms with Gasteiger partial charge in [0.05, 0.1) is 51.7 Å². The molecule has 2 fully saturated rings. The predicted molar refractivity (Wildman–Crippen MR) is 276 cm³/mol. The summed E-state index contributed by atoms with van der Waals surface area (Å²) in [6, 6.07) is 25.4. The van der Waals surface area contributed by atoms with Gasteiger partial charge in [-0.05, 0) is 122 Å². The van der Waals surface area contributed by atoms with Crippen molar-refractivity contribution in [1.82, 2.24) is 20.5 Å². The van der Waals surface area contributed by atoms with Gasteiger partial charge in [0.1, 0.15) is 30.0 Å². The largest absolute Gasteiger partial charge is 0.494 e. The number of alkyl halides is 3. The van der Waals surface area contributed by atoms with Crippen molar-refractivity contribution in [3.63, 3.8) is 0 Å². The maximum absolute atomic E-state index is 14.0. The minimum absolute atomic E-state index is 0.00837. The van der Waals surface area contributed by atoms with E-state index >= 15 is 0 Å². The molecule has 7 rings (SSSR count). The molecule has 0 saturated carbocycles. The molecule has 2 saturated heterocycles. The molecule has 73 heavy (non-hydrogen) atoms. The quantitative estimate of drug-likeness (QED) is 0.0564. The molecule has 0 aliphatic carbocycles. The summed E-state index contributed by atoms with van der Waals surface area (Å²) in [7, 11) is 0. The van der Waals surface area contributed by atoms with E-state index in [0.29, 0.717) is 31.1 Å². The van der Waals surface area contributed by atoms with E-state index < -0.39 is 64.2 Å². The Hall–Kier alpha value is -6.72. The zero-order valence-corrected chi connectivity index (χ0v) is 43.0. The fourth-order valence-electron chi connectivity index (χ4n) is 8.83. The third-order valence-corrected chi connectivity index (χ3v) is 14.2. The van der Waals surface area contributed by atoms with Gasteiger partial charge in [-0.15, -0.1) is 11.3 Å². The number of amides is 4. The number of nitrogens with one attached hydrogen (secondary N) is 2. The average molecular weight is 1040 g/mol. The number of benzene rings is 4. The van der Waals surface area contributed by atoms with Crippen molar-refractivity contribution >= 4 is 63.7 Å². The Morgan fingerprint density at radius 2 is 1.56 bits per heavy atom. The lowest BCUT2D eigenvalue weighted by Gasteiger charge is -2.35. The zero-order valence-electron chi connectivity index (χ0n) is 41.4. The van der Waals surface area contributed by atoms with Gasteiger partial charge in [0.15, 0.2) is 5.11 Å². The van der Waals surface area contributed by atoms with E-state index in [2.05, 4.69) is 15.6 Å². The second kappa shape index (κ2) is 22.6. The number of nitriles is 1. The Balaban J connectivity index is 0.823. The van der Waals surface area contributed by atoms with E-state index in [-0.39, 0.29) is 42.8 Å². The molecule has 3 heterocycles. The number of β-amino-alcohol motifs (C(OH)–C–C–N with tert-alkyl or cyclic N) is 1. The van der Waals surface area contributed by atoms with Crippen LogP contribution in [0.1, 0.15) is 82.7 Å². The number of unbranched alkanes of at least 4 members (excludes halogenated alkanes) is 2. The molecule has 5 aromatic rings. The summed E-state index contributed by atoms with van der Waals surface area (Å²) < 4.78 is 52.9. The number of anilines is 2. The molecule has 2 aliphatic rings. The molecule has 384 valence electrons. The van der Waals surface area contributed by atoms with Crippen molar-refractivity contribution in [2.24, 2.45) is 5.41 Å². The molecule has 1 unspecified atom stereocenters. The monoisotopic (exact) mass is 1040 g/mol. The van der Waals surface area contributed by atoms with Gasteiger partial charge < -0.3 is 35.0 Å². The number of aliphatic hydroxyl groups is 1. The van der Waals surface area contributed by atoms with Crippen molar-refractivity contribution < 1.29 is 46.9 Å². The van der Waals surface area contributed by atoms with Gasteiger partial charge >= 0.3 is 6.18 Å². The molecule has 0 bridgehead atoms. The van der Waals surface area contributed by atoms with Crippen LogP contribution < -0.4 is 25.2 Å². The predicted octanol–water partition coefficient (Wildman–Crippen LogP) is 8.97. The van der Waals surface area contributed by atoms with Crippen LogP contribution in [0.5, 0.6) is 5.75 Å². The summed E-state index contributed by atoms with van der Waals surface area (Å²) in [6.45, 7) is 11.5. The molecule has 19 heteroatoms. The van der Waals surface area contributed by atoms with Gasteiger partial charge in [-0.25, -0.2) is 4.98 Å². The van der Waals surface area contributed by atoms with Crippen LogP contribution in [0.2, 0.25) is 0 Å². The van der Waals surface area contributed by atoms with Crippen LogP contribution in [-0.2, 0) is 36.6 Å². The number of carbonyl (C=O) groups excluding carboxylic acids is 4.